The molecule has 2 aliphatic heterocycles. The topological polar surface area (TPSA) is 0 Å². The van der Waals surface area contributed by atoms with Crippen LogP contribution < -0.4 is 0 Å². The monoisotopic (exact) mass is 480 g/mol. The van der Waals surface area contributed by atoms with Crippen LogP contribution in [0.1, 0.15) is 40.5 Å². The van der Waals surface area contributed by atoms with Gasteiger partial charge in [-0.3, -0.25) is 0 Å². The number of rotatable bonds is 8. The molecular formula is C12H24S6Sn. The van der Waals surface area contributed by atoms with E-state index >= 15 is 0 Å². The van der Waals surface area contributed by atoms with Gasteiger partial charge in [-0.2, -0.15) is 0 Å². The van der Waals surface area contributed by atoms with E-state index in [0.717, 1.165) is 19.7 Å². The van der Waals surface area contributed by atoms with Gasteiger partial charge in [0.1, 0.15) is 0 Å². The molecule has 0 amide bonds. The molecule has 2 saturated heterocycles. The molecule has 2 unspecified atom stereocenters. The molecule has 2 atom stereocenters. The van der Waals surface area contributed by atoms with Crippen molar-refractivity contribution in [1.29, 1.82) is 0 Å². The Kier molecular flexibility index (Phi) is 8.32. The fourth-order valence-corrected chi connectivity index (χ4v) is 87.5. The minimum absolute atomic E-state index is 0.803. The molecule has 19 heavy (non-hydrogen) atoms. The molecule has 0 aliphatic carbocycles. The van der Waals surface area contributed by atoms with Gasteiger partial charge in [-0.15, -0.1) is 0 Å². The van der Waals surface area contributed by atoms with Gasteiger partial charge in [0, 0.05) is 0 Å². The van der Waals surface area contributed by atoms with E-state index in [4.69, 9.17) is 0 Å². The maximum atomic E-state index is 2.46. The van der Waals surface area contributed by atoms with Crippen molar-refractivity contribution < 1.29 is 0 Å². The van der Waals surface area contributed by atoms with E-state index in [2.05, 4.69) is 87.0 Å². The fourth-order valence-electron chi connectivity index (χ4n) is 1.68. The van der Waals surface area contributed by atoms with Gasteiger partial charge in [0.2, 0.25) is 0 Å². The van der Waals surface area contributed by atoms with Crippen molar-refractivity contribution in [3.8, 4) is 0 Å². The van der Waals surface area contributed by atoms with Crippen LogP contribution in [0.4, 0.5) is 0 Å². The molecule has 2 aliphatic rings. The molecule has 2 heterocycles. The fraction of sp³-hybridized carbons (Fsp3) is 1.00. The second-order valence-electron chi connectivity index (χ2n) is 5.25. The zero-order valence-corrected chi connectivity index (χ0v) is 19.8. The molecule has 0 saturated carbocycles. The third-order valence-corrected chi connectivity index (χ3v) is 58.3. The molecule has 0 N–H and O–H groups in total. The summed E-state index contributed by atoms with van der Waals surface area (Å²) in [4.78, 5) is 0. The summed E-state index contributed by atoms with van der Waals surface area (Å²) in [6.45, 7) is 9.61. The molecule has 112 valence electrons. The summed E-state index contributed by atoms with van der Waals surface area (Å²) in [5, 5.41) is 1.61. The van der Waals surface area contributed by atoms with Gasteiger partial charge in [-0.25, -0.2) is 0 Å². The first kappa shape index (κ1) is 18.2. The third kappa shape index (κ3) is 6.13. The van der Waals surface area contributed by atoms with Crippen LogP contribution in [0.5, 0.6) is 0 Å². The van der Waals surface area contributed by atoms with Crippen molar-refractivity contribution in [2.75, 3.05) is 11.5 Å². The van der Waals surface area contributed by atoms with Crippen molar-refractivity contribution in [1.82, 2.24) is 0 Å². The van der Waals surface area contributed by atoms with Crippen molar-refractivity contribution >= 4 is 72.2 Å². The second-order valence-corrected chi connectivity index (χ2v) is 50.2. The Bertz CT molecular complexity index is 249. The number of thioether (sulfide) groups is 2. The second kappa shape index (κ2) is 8.67. The maximum absolute atomic E-state index is 2.46. The standard InChI is InChI=1S/2C3H6S2.2C3H8S.Sn/c2*4-3-1-2-5-3;2*1-3(2)4;/h2*3-4H,1-2H2;2*3-4H,1-2H3;/q;;;;+4/p-4. The van der Waals surface area contributed by atoms with Crippen LogP contribution in [0.3, 0.4) is 0 Å². The molecule has 0 aromatic heterocycles. The summed E-state index contributed by atoms with van der Waals surface area (Å²) in [6, 6.07) is 0. The Balaban J connectivity index is 2.03. The minimum atomic E-state index is -2.22. The molecule has 0 nitrogen and oxygen atoms in total. The average Bonchev–Trinajstić information content (AvgIpc) is 2.16. The Morgan fingerprint density at radius 1 is 0.842 bits per heavy atom. The molecule has 0 aromatic rings. The van der Waals surface area contributed by atoms with E-state index < -0.39 is 12.8 Å². The predicted molar refractivity (Wildman–Crippen MR) is 108 cm³/mol. The van der Waals surface area contributed by atoms with Crippen LogP contribution in [-0.4, -0.2) is 44.0 Å². The van der Waals surface area contributed by atoms with Gasteiger partial charge in [0.15, 0.2) is 0 Å². The molecule has 0 radical (unpaired) electrons. The quantitative estimate of drug-likeness (QED) is 0.383. The number of hydrogen-bond donors (Lipinski definition) is 0. The van der Waals surface area contributed by atoms with E-state index in [9.17, 15) is 0 Å². The molecular weight excluding hydrogens is 455 g/mol. The van der Waals surface area contributed by atoms with E-state index in [-0.39, 0.29) is 0 Å². The van der Waals surface area contributed by atoms with Crippen molar-refractivity contribution in [2.24, 2.45) is 0 Å². The van der Waals surface area contributed by atoms with Gasteiger partial charge in [-0.05, 0) is 0 Å². The number of hydrogen-bond acceptors (Lipinski definition) is 6. The van der Waals surface area contributed by atoms with Crippen LogP contribution in [0.2, 0.25) is 0 Å². The Morgan fingerprint density at radius 3 is 1.42 bits per heavy atom. The average molecular weight is 479 g/mol. The SMILES string of the molecule is CC(C)[S][Sn]([S]C(C)C)([S]C1CCS1)[S]C1CCS1. The Labute approximate surface area is 142 Å². The first-order valence-corrected chi connectivity index (χ1v) is 26.5. The first-order valence-electron chi connectivity index (χ1n) is 6.93. The van der Waals surface area contributed by atoms with E-state index in [1.165, 1.54) is 24.3 Å². The zero-order valence-electron chi connectivity index (χ0n) is 12.1. The molecule has 2 rings (SSSR count). The van der Waals surface area contributed by atoms with E-state index in [1.807, 2.05) is 0 Å². The summed E-state index contributed by atoms with van der Waals surface area (Å²) < 4.78 is 1.87. The summed E-state index contributed by atoms with van der Waals surface area (Å²) in [5.41, 5.74) is 0. The first-order chi connectivity index (χ1) is 8.99. The van der Waals surface area contributed by atoms with E-state index in [1.54, 1.807) is 0 Å². The van der Waals surface area contributed by atoms with Crippen LogP contribution >= 0.6 is 59.3 Å². The summed E-state index contributed by atoms with van der Waals surface area (Å²) >= 11 is 2.19. The summed E-state index contributed by atoms with van der Waals surface area (Å²) in [5.74, 6) is 2.81. The van der Waals surface area contributed by atoms with Crippen LogP contribution in [0.25, 0.3) is 0 Å². The van der Waals surface area contributed by atoms with Crippen LogP contribution in [-0.2, 0) is 0 Å². The third-order valence-electron chi connectivity index (χ3n) is 2.63. The predicted octanol–water partition coefficient (Wildman–Crippen LogP) is 6.10. The molecule has 7 heteroatoms. The molecule has 2 fully saturated rings. The van der Waals surface area contributed by atoms with Gasteiger partial charge in [-0.1, -0.05) is 0 Å². The van der Waals surface area contributed by atoms with Gasteiger partial charge >= 0.3 is 144 Å². The van der Waals surface area contributed by atoms with Crippen molar-refractivity contribution in [2.45, 2.75) is 60.2 Å². The van der Waals surface area contributed by atoms with Crippen molar-refractivity contribution in [3.63, 3.8) is 0 Å². The molecule has 0 spiro atoms. The van der Waals surface area contributed by atoms with Crippen LogP contribution in [0.15, 0.2) is 0 Å². The molecule has 0 aromatic carbocycles. The van der Waals surface area contributed by atoms with Gasteiger partial charge in [0.25, 0.3) is 0 Å². The van der Waals surface area contributed by atoms with E-state index in [0.29, 0.717) is 0 Å². The zero-order chi connectivity index (χ0) is 13.9. The molecule has 0 bridgehead atoms. The van der Waals surface area contributed by atoms with Gasteiger partial charge in [0.05, 0.1) is 0 Å². The Morgan fingerprint density at radius 2 is 1.21 bits per heavy atom. The van der Waals surface area contributed by atoms with Crippen LogP contribution in [0, 0.1) is 0 Å². The summed E-state index contributed by atoms with van der Waals surface area (Å²) in [7, 11) is 9.73. The van der Waals surface area contributed by atoms with Crippen molar-refractivity contribution in [3.05, 3.63) is 0 Å². The Hall–Kier alpha value is 2.90. The van der Waals surface area contributed by atoms with Gasteiger partial charge < -0.3 is 0 Å². The summed E-state index contributed by atoms with van der Waals surface area (Å²) in [6.07, 6.45) is 2.92. The normalized spacial score (nSPS) is 27.5.